The molecule has 3 aromatic rings. The maximum atomic E-state index is 12.6. The van der Waals surface area contributed by atoms with Crippen molar-refractivity contribution in [3.63, 3.8) is 0 Å². The molecule has 0 saturated heterocycles. The van der Waals surface area contributed by atoms with Gasteiger partial charge in [-0.2, -0.15) is 0 Å². The molecule has 0 aliphatic carbocycles. The van der Waals surface area contributed by atoms with Crippen LogP contribution >= 0.6 is 15.9 Å². The van der Waals surface area contributed by atoms with Crippen molar-refractivity contribution in [1.29, 1.82) is 0 Å². The lowest BCUT2D eigenvalue weighted by Crippen LogP contribution is -2.14. The largest absolute Gasteiger partial charge is 0.497 e. The first-order valence-electron chi connectivity index (χ1n) is 8.78. The molecule has 11 heteroatoms. The van der Waals surface area contributed by atoms with Crippen LogP contribution in [0.15, 0.2) is 81.0 Å². The number of rotatable bonds is 8. The molecule has 164 valence electrons. The molecule has 0 aromatic heterocycles. The topological polar surface area (TPSA) is 111 Å². The van der Waals surface area contributed by atoms with Crippen LogP contribution in [0.1, 0.15) is 0 Å². The highest BCUT2D eigenvalue weighted by molar-refractivity contribution is 9.10. The quantitative estimate of drug-likeness (QED) is 0.457. The number of benzene rings is 3. The van der Waals surface area contributed by atoms with Crippen molar-refractivity contribution in [2.45, 2.75) is 9.79 Å². The zero-order valence-electron chi connectivity index (χ0n) is 16.5. The third-order valence-corrected chi connectivity index (χ3v) is 7.59. The summed E-state index contributed by atoms with van der Waals surface area (Å²) in [5.41, 5.74) is 0.589. The molecule has 0 spiro atoms. The van der Waals surface area contributed by atoms with E-state index in [0.717, 1.165) is 0 Å². The van der Waals surface area contributed by atoms with Crippen LogP contribution in [0.3, 0.4) is 0 Å². The third-order valence-electron chi connectivity index (χ3n) is 4.19. The van der Waals surface area contributed by atoms with E-state index in [4.69, 9.17) is 9.47 Å². The number of sulfonamides is 2. The van der Waals surface area contributed by atoms with Crippen molar-refractivity contribution in [2.24, 2.45) is 0 Å². The average Bonchev–Trinajstić information content (AvgIpc) is 2.74. The summed E-state index contributed by atoms with van der Waals surface area (Å²) in [6.45, 7) is 0. The molecule has 0 bridgehead atoms. The van der Waals surface area contributed by atoms with E-state index in [2.05, 4.69) is 25.4 Å². The minimum absolute atomic E-state index is 0.0153. The van der Waals surface area contributed by atoms with Gasteiger partial charge in [-0.3, -0.25) is 9.44 Å². The predicted octanol–water partition coefficient (Wildman–Crippen LogP) is 4.07. The molecular weight excluding hydrogens is 508 g/mol. The molecule has 8 nitrogen and oxygen atoms in total. The second kappa shape index (κ2) is 9.16. The molecule has 3 rings (SSSR count). The van der Waals surface area contributed by atoms with Gasteiger partial charge in [-0.1, -0.05) is 0 Å². The van der Waals surface area contributed by atoms with Crippen LogP contribution in [-0.4, -0.2) is 31.1 Å². The van der Waals surface area contributed by atoms with Gasteiger partial charge in [0.1, 0.15) is 11.5 Å². The Morgan fingerprint density at radius 1 is 0.677 bits per heavy atom. The Hall–Kier alpha value is -2.76. The van der Waals surface area contributed by atoms with Crippen LogP contribution in [-0.2, 0) is 20.0 Å². The van der Waals surface area contributed by atoms with Gasteiger partial charge in [-0.25, -0.2) is 16.8 Å². The predicted molar refractivity (Wildman–Crippen MR) is 122 cm³/mol. The van der Waals surface area contributed by atoms with Crippen molar-refractivity contribution in [2.75, 3.05) is 23.7 Å². The highest BCUT2D eigenvalue weighted by Crippen LogP contribution is 2.28. The van der Waals surface area contributed by atoms with Crippen LogP contribution in [0.2, 0.25) is 0 Å². The molecule has 0 aliphatic rings. The summed E-state index contributed by atoms with van der Waals surface area (Å²) in [7, 11) is -4.73. The minimum atomic E-state index is -3.88. The molecular formula is C20H19BrN2O6S2. The summed E-state index contributed by atoms with van der Waals surface area (Å²) in [4.78, 5) is 0.0107. The van der Waals surface area contributed by atoms with Gasteiger partial charge >= 0.3 is 0 Å². The van der Waals surface area contributed by atoms with Crippen LogP contribution in [0, 0.1) is 0 Å². The lowest BCUT2D eigenvalue weighted by molar-refractivity contribution is 0.411. The van der Waals surface area contributed by atoms with E-state index >= 15 is 0 Å². The van der Waals surface area contributed by atoms with Gasteiger partial charge in [-0.15, -0.1) is 0 Å². The normalized spacial score (nSPS) is 11.6. The first kappa shape index (κ1) is 22.9. The Morgan fingerprint density at radius 3 is 1.65 bits per heavy atom. The first-order valence-corrected chi connectivity index (χ1v) is 12.5. The van der Waals surface area contributed by atoms with Crippen molar-refractivity contribution in [3.8, 4) is 11.5 Å². The van der Waals surface area contributed by atoms with Gasteiger partial charge in [0.15, 0.2) is 0 Å². The fourth-order valence-corrected chi connectivity index (χ4v) is 5.44. The van der Waals surface area contributed by atoms with E-state index in [9.17, 15) is 16.8 Å². The summed E-state index contributed by atoms with van der Waals surface area (Å²) in [6.07, 6.45) is 0. The Kier molecular flexibility index (Phi) is 6.77. The van der Waals surface area contributed by atoms with Crippen molar-refractivity contribution in [3.05, 3.63) is 71.2 Å². The van der Waals surface area contributed by atoms with Crippen LogP contribution in [0.4, 0.5) is 11.4 Å². The summed E-state index contributed by atoms with van der Waals surface area (Å²) >= 11 is 3.25. The number of hydrogen-bond acceptors (Lipinski definition) is 6. The summed E-state index contributed by atoms with van der Waals surface area (Å²) in [6, 6.07) is 16.1. The van der Waals surface area contributed by atoms with Gasteiger partial charge in [0.25, 0.3) is 20.0 Å². The van der Waals surface area contributed by atoms with Crippen LogP contribution < -0.4 is 18.9 Å². The number of nitrogens with one attached hydrogen (secondary N) is 2. The van der Waals surface area contributed by atoms with Crippen LogP contribution in [0.25, 0.3) is 0 Å². The molecule has 0 atom stereocenters. The van der Waals surface area contributed by atoms with Crippen molar-refractivity contribution >= 4 is 47.4 Å². The van der Waals surface area contributed by atoms with Gasteiger partial charge in [0, 0.05) is 11.4 Å². The van der Waals surface area contributed by atoms with Gasteiger partial charge in [0.05, 0.1) is 28.5 Å². The monoisotopic (exact) mass is 526 g/mol. The molecule has 0 unspecified atom stereocenters. The fraction of sp³-hybridized carbons (Fsp3) is 0.100. The van der Waals surface area contributed by atoms with E-state index in [1.165, 1.54) is 56.7 Å². The lowest BCUT2D eigenvalue weighted by atomic mass is 10.3. The highest BCUT2D eigenvalue weighted by atomic mass is 79.9. The SMILES string of the molecule is COc1ccc(NS(=O)(=O)c2ccc(NS(=O)(=O)c3ccc(OC)c(Br)c3)cc2)cc1. The molecule has 0 saturated carbocycles. The highest BCUT2D eigenvalue weighted by Gasteiger charge is 2.18. The first-order chi connectivity index (χ1) is 14.6. The summed E-state index contributed by atoms with van der Waals surface area (Å²) in [5.74, 6) is 1.10. The second-order valence-electron chi connectivity index (χ2n) is 6.26. The van der Waals surface area contributed by atoms with E-state index in [0.29, 0.717) is 21.7 Å². The number of halogens is 1. The second-order valence-corrected chi connectivity index (χ2v) is 10.5. The smallest absolute Gasteiger partial charge is 0.261 e. The Labute approximate surface area is 189 Å². The number of ether oxygens (including phenoxy) is 2. The Bertz CT molecular complexity index is 1280. The van der Waals surface area contributed by atoms with Crippen molar-refractivity contribution in [1.82, 2.24) is 0 Å². The Morgan fingerprint density at radius 2 is 1.16 bits per heavy atom. The van der Waals surface area contributed by atoms with Gasteiger partial charge < -0.3 is 9.47 Å². The fourth-order valence-electron chi connectivity index (χ4n) is 2.60. The summed E-state index contributed by atoms with van der Waals surface area (Å²) < 4.78 is 65.9. The molecule has 3 aromatic carbocycles. The van der Waals surface area contributed by atoms with Crippen LogP contribution in [0.5, 0.6) is 11.5 Å². The van der Waals surface area contributed by atoms with E-state index in [1.807, 2.05) is 0 Å². The maximum Gasteiger partial charge on any atom is 0.261 e. The molecule has 0 aliphatic heterocycles. The standard InChI is InChI=1S/C20H19BrN2O6S2/c1-28-16-7-3-14(4-8-16)22-30(24,25)17-9-5-15(6-10-17)23-31(26,27)18-11-12-20(29-2)19(21)13-18/h3-13,22-23H,1-2H3. The minimum Gasteiger partial charge on any atom is -0.497 e. The zero-order valence-corrected chi connectivity index (χ0v) is 19.7. The van der Waals surface area contributed by atoms with Crippen molar-refractivity contribution < 1.29 is 26.3 Å². The number of methoxy groups -OCH3 is 2. The van der Waals surface area contributed by atoms with E-state index in [1.54, 1.807) is 24.3 Å². The van der Waals surface area contributed by atoms with Gasteiger partial charge in [0.2, 0.25) is 0 Å². The molecule has 0 fully saturated rings. The number of hydrogen-bond donors (Lipinski definition) is 2. The van der Waals surface area contributed by atoms with E-state index in [-0.39, 0.29) is 15.5 Å². The Balaban J connectivity index is 1.76. The maximum absolute atomic E-state index is 12.6. The molecule has 0 radical (unpaired) electrons. The average molecular weight is 527 g/mol. The molecule has 0 heterocycles. The van der Waals surface area contributed by atoms with Gasteiger partial charge in [-0.05, 0) is 82.7 Å². The lowest BCUT2D eigenvalue weighted by Gasteiger charge is -2.12. The third kappa shape index (κ3) is 5.49. The van der Waals surface area contributed by atoms with E-state index < -0.39 is 20.0 Å². The molecule has 31 heavy (non-hydrogen) atoms. The summed E-state index contributed by atoms with van der Waals surface area (Å²) in [5, 5.41) is 0. The molecule has 0 amide bonds. The number of anilines is 2. The molecule has 2 N–H and O–H groups in total. The zero-order chi connectivity index (χ0) is 22.6.